The zero-order chi connectivity index (χ0) is 13.9. The lowest BCUT2D eigenvalue weighted by atomic mass is 10.4. The van der Waals surface area contributed by atoms with Gasteiger partial charge in [-0.2, -0.15) is 0 Å². The number of rotatable bonds is 5. The number of hydrogen-bond donors (Lipinski definition) is 1. The fourth-order valence-corrected chi connectivity index (χ4v) is 3.75. The predicted molar refractivity (Wildman–Crippen MR) is 83.5 cm³/mol. The maximum atomic E-state index is 12.3. The summed E-state index contributed by atoms with van der Waals surface area (Å²) in [7, 11) is 0. The maximum Gasteiger partial charge on any atom is 0.268 e. The Morgan fingerprint density at radius 1 is 1.40 bits per heavy atom. The van der Waals surface area contributed by atoms with Crippen LogP contribution in [0.25, 0.3) is 10.2 Å². The lowest BCUT2D eigenvalue weighted by Crippen LogP contribution is -2.34. The van der Waals surface area contributed by atoms with Crippen molar-refractivity contribution >= 4 is 27.5 Å². The summed E-state index contributed by atoms with van der Waals surface area (Å²) in [5, 5.41) is 5.13. The fourth-order valence-electron chi connectivity index (χ4n) is 2.93. The van der Waals surface area contributed by atoms with E-state index in [1.54, 1.807) is 11.3 Å². The van der Waals surface area contributed by atoms with Crippen LogP contribution in [0.2, 0.25) is 0 Å². The predicted octanol–water partition coefficient (Wildman–Crippen LogP) is 2.55. The van der Waals surface area contributed by atoms with Crippen molar-refractivity contribution < 1.29 is 4.79 Å². The van der Waals surface area contributed by atoms with E-state index < -0.39 is 0 Å². The molecule has 1 fully saturated rings. The highest BCUT2D eigenvalue weighted by atomic mass is 32.1. The SMILES string of the molecule is CCn1c(C(=O)NCCN2CCCC2)cc2sccc21. The lowest BCUT2D eigenvalue weighted by molar-refractivity contribution is 0.0941. The van der Waals surface area contributed by atoms with Crippen molar-refractivity contribution in [3.63, 3.8) is 0 Å². The molecule has 1 aliphatic rings. The van der Waals surface area contributed by atoms with Crippen molar-refractivity contribution in [2.24, 2.45) is 0 Å². The number of carbonyl (C=O) groups is 1. The molecular formula is C15H21N3OS. The van der Waals surface area contributed by atoms with Crippen LogP contribution in [0.15, 0.2) is 17.5 Å². The first kappa shape index (κ1) is 13.6. The Labute approximate surface area is 123 Å². The molecule has 0 saturated carbocycles. The monoisotopic (exact) mass is 291 g/mol. The Morgan fingerprint density at radius 3 is 2.95 bits per heavy atom. The third-order valence-electron chi connectivity index (χ3n) is 3.98. The molecule has 0 spiro atoms. The summed E-state index contributed by atoms with van der Waals surface area (Å²) in [4.78, 5) is 14.7. The van der Waals surface area contributed by atoms with E-state index in [2.05, 4.69) is 33.2 Å². The minimum absolute atomic E-state index is 0.0504. The zero-order valence-corrected chi connectivity index (χ0v) is 12.7. The van der Waals surface area contributed by atoms with Gasteiger partial charge in [-0.15, -0.1) is 11.3 Å². The van der Waals surface area contributed by atoms with Crippen LogP contribution >= 0.6 is 11.3 Å². The highest BCUT2D eigenvalue weighted by molar-refractivity contribution is 7.17. The third-order valence-corrected chi connectivity index (χ3v) is 4.84. The molecule has 0 atom stereocenters. The van der Waals surface area contributed by atoms with E-state index in [9.17, 15) is 4.79 Å². The first-order valence-electron chi connectivity index (χ1n) is 7.37. The number of aryl methyl sites for hydroxylation is 1. The van der Waals surface area contributed by atoms with Crippen LogP contribution in [0.4, 0.5) is 0 Å². The van der Waals surface area contributed by atoms with Crippen LogP contribution in [-0.4, -0.2) is 41.6 Å². The highest BCUT2D eigenvalue weighted by Crippen LogP contribution is 2.25. The van der Waals surface area contributed by atoms with E-state index >= 15 is 0 Å². The van der Waals surface area contributed by atoms with Gasteiger partial charge in [-0.1, -0.05) is 0 Å². The number of carbonyl (C=O) groups excluding carboxylic acids is 1. The number of hydrogen-bond acceptors (Lipinski definition) is 3. The quantitative estimate of drug-likeness (QED) is 0.919. The molecule has 2 aromatic rings. The average molecular weight is 291 g/mol. The van der Waals surface area contributed by atoms with Gasteiger partial charge in [0.2, 0.25) is 0 Å². The molecule has 1 N–H and O–H groups in total. The molecule has 0 radical (unpaired) electrons. The molecule has 1 amide bonds. The number of likely N-dealkylation sites (tertiary alicyclic amines) is 1. The fraction of sp³-hybridized carbons (Fsp3) is 0.533. The topological polar surface area (TPSA) is 37.3 Å². The average Bonchev–Trinajstić information content (AvgIpc) is 3.14. The Kier molecular flexibility index (Phi) is 4.08. The molecule has 5 heteroatoms. The molecular weight excluding hydrogens is 270 g/mol. The first-order chi connectivity index (χ1) is 9.79. The second-order valence-electron chi connectivity index (χ2n) is 5.25. The van der Waals surface area contributed by atoms with Crippen molar-refractivity contribution in [1.82, 2.24) is 14.8 Å². The third kappa shape index (κ3) is 2.60. The summed E-state index contributed by atoms with van der Waals surface area (Å²) in [6.45, 7) is 6.97. The second kappa shape index (κ2) is 5.97. The van der Waals surface area contributed by atoms with E-state index in [0.717, 1.165) is 25.3 Å². The van der Waals surface area contributed by atoms with Crippen LogP contribution in [0.3, 0.4) is 0 Å². The van der Waals surface area contributed by atoms with Crippen LogP contribution in [0, 0.1) is 0 Å². The molecule has 3 rings (SSSR count). The van der Waals surface area contributed by atoms with Crippen molar-refractivity contribution in [2.45, 2.75) is 26.3 Å². The standard InChI is InChI=1S/C15H21N3OS/c1-2-18-12-5-10-20-14(12)11-13(18)15(19)16-6-9-17-7-3-4-8-17/h5,10-11H,2-4,6-9H2,1H3,(H,16,19). The van der Waals surface area contributed by atoms with Crippen LogP contribution < -0.4 is 5.32 Å². The maximum absolute atomic E-state index is 12.3. The summed E-state index contributed by atoms with van der Waals surface area (Å²) in [5.74, 6) is 0.0504. The highest BCUT2D eigenvalue weighted by Gasteiger charge is 2.16. The van der Waals surface area contributed by atoms with E-state index in [1.807, 2.05) is 6.07 Å². The largest absolute Gasteiger partial charge is 0.349 e. The molecule has 3 heterocycles. The second-order valence-corrected chi connectivity index (χ2v) is 6.20. The molecule has 0 aliphatic carbocycles. The Bertz CT molecular complexity index is 595. The van der Waals surface area contributed by atoms with Crippen LogP contribution in [0.1, 0.15) is 30.3 Å². The van der Waals surface area contributed by atoms with Gasteiger partial charge in [0.1, 0.15) is 5.69 Å². The smallest absolute Gasteiger partial charge is 0.268 e. The van der Waals surface area contributed by atoms with Gasteiger partial charge < -0.3 is 14.8 Å². The summed E-state index contributed by atoms with van der Waals surface area (Å²) in [6.07, 6.45) is 2.59. The molecule has 20 heavy (non-hydrogen) atoms. The number of fused-ring (bicyclic) bond motifs is 1. The first-order valence-corrected chi connectivity index (χ1v) is 8.25. The number of thiophene rings is 1. The molecule has 1 saturated heterocycles. The summed E-state index contributed by atoms with van der Waals surface area (Å²) >= 11 is 1.69. The minimum atomic E-state index is 0.0504. The van der Waals surface area contributed by atoms with Crippen molar-refractivity contribution in [3.05, 3.63) is 23.2 Å². The van der Waals surface area contributed by atoms with Gasteiger partial charge in [0, 0.05) is 19.6 Å². The Balaban J connectivity index is 1.64. The summed E-state index contributed by atoms with van der Waals surface area (Å²) in [5.41, 5.74) is 1.96. The number of nitrogens with one attached hydrogen (secondary N) is 1. The van der Waals surface area contributed by atoms with Crippen molar-refractivity contribution in [3.8, 4) is 0 Å². The van der Waals surface area contributed by atoms with Gasteiger partial charge in [-0.3, -0.25) is 4.79 Å². The Hall–Kier alpha value is -1.33. The van der Waals surface area contributed by atoms with E-state index in [0.29, 0.717) is 0 Å². The molecule has 2 aromatic heterocycles. The number of amides is 1. The zero-order valence-electron chi connectivity index (χ0n) is 11.9. The van der Waals surface area contributed by atoms with Gasteiger partial charge in [0.15, 0.2) is 0 Å². The van der Waals surface area contributed by atoms with Crippen molar-refractivity contribution in [2.75, 3.05) is 26.2 Å². The molecule has 4 nitrogen and oxygen atoms in total. The van der Waals surface area contributed by atoms with Gasteiger partial charge >= 0.3 is 0 Å². The van der Waals surface area contributed by atoms with Gasteiger partial charge in [0.05, 0.1) is 10.2 Å². The van der Waals surface area contributed by atoms with Crippen LogP contribution in [-0.2, 0) is 6.54 Å². The van der Waals surface area contributed by atoms with E-state index in [-0.39, 0.29) is 5.91 Å². The van der Waals surface area contributed by atoms with E-state index in [1.165, 1.54) is 36.1 Å². The van der Waals surface area contributed by atoms with Gasteiger partial charge in [-0.05, 0) is 50.4 Å². The molecule has 0 aromatic carbocycles. The lowest BCUT2D eigenvalue weighted by Gasteiger charge is -2.15. The molecule has 1 aliphatic heterocycles. The summed E-state index contributed by atoms with van der Waals surface area (Å²) < 4.78 is 3.29. The van der Waals surface area contributed by atoms with E-state index in [4.69, 9.17) is 0 Å². The van der Waals surface area contributed by atoms with Crippen LogP contribution in [0.5, 0.6) is 0 Å². The molecule has 0 bridgehead atoms. The number of aromatic nitrogens is 1. The minimum Gasteiger partial charge on any atom is -0.349 e. The Morgan fingerprint density at radius 2 is 2.20 bits per heavy atom. The number of nitrogens with zero attached hydrogens (tertiary/aromatic N) is 2. The molecule has 0 unspecified atom stereocenters. The molecule has 108 valence electrons. The van der Waals surface area contributed by atoms with Gasteiger partial charge in [0.25, 0.3) is 5.91 Å². The van der Waals surface area contributed by atoms with Crippen molar-refractivity contribution in [1.29, 1.82) is 0 Å². The normalized spacial score (nSPS) is 16.1. The summed E-state index contributed by atoms with van der Waals surface area (Å²) in [6, 6.07) is 4.10. The van der Waals surface area contributed by atoms with Gasteiger partial charge in [-0.25, -0.2) is 0 Å².